The van der Waals surface area contributed by atoms with Crippen molar-refractivity contribution in [1.29, 1.82) is 0 Å². The summed E-state index contributed by atoms with van der Waals surface area (Å²) < 4.78 is 0. The van der Waals surface area contributed by atoms with Crippen molar-refractivity contribution in [2.75, 3.05) is 6.54 Å². The molecule has 0 amide bonds. The highest BCUT2D eigenvalue weighted by atomic mass is 35.5. The summed E-state index contributed by atoms with van der Waals surface area (Å²) in [7, 11) is 0. The van der Waals surface area contributed by atoms with Crippen molar-refractivity contribution < 1.29 is 0 Å². The maximum Gasteiger partial charge on any atom is 0.147 e. The van der Waals surface area contributed by atoms with E-state index in [0.717, 1.165) is 28.7 Å². The third-order valence-corrected chi connectivity index (χ3v) is 3.51. The molecule has 2 rings (SSSR count). The van der Waals surface area contributed by atoms with Crippen LogP contribution in [0.5, 0.6) is 0 Å². The number of hydrogen-bond acceptors (Lipinski definition) is 4. The smallest absolute Gasteiger partial charge is 0.147 e. The fourth-order valence-corrected chi connectivity index (χ4v) is 2.67. The van der Waals surface area contributed by atoms with E-state index >= 15 is 0 Å². The zero-order chi connectivity index (χ0) is 12.3. The van der Waals surface area contributed by atoms with Crippen molar-refractivity contribution in [2.24, 2.45) is 0 Å². The third-order valence-electron chi connectivity index (χ3n) is 2.10. The molecule has 0 aliphatic heterocycles. The van der Waals surface area contributed by atoms with E-state index in [-0.39, 0.29) is 0 Å². The molecule has 0 aliphatic carbocycles. The Hall–Kier alpha value is -0.680. The molecule has 2 aromatic rings. The van der Waals surface area contributed by atoms with Crippen LogP contribution in [0, 0.1) is 0 Å². The molecule has 1 aromatic heterocycles. The van der Waals surface area contributed by atoms with Crippen LogP contribution in [0.4, 0.5) is 0 Å². The van der Waals surface area contributed by atoms with E-state index in [1.54, 1.807) is 17.4 Å². The second-order valence-corrected chi connectivity index (χ2v) is 5.37. The summed E-state index contributed by atoms with van der Waals surface area (Å²) in [6, 6.07) is 5.38. The highest BCUT2D eigenvalue weighted by Crippen LogP contribution is 2.29. The minimum absolute atomic E-state index is 0.607. The number of halogens is 2. The molecule has 0 spiro atoms. The first kappa shape index (κ1) is 12.8. The van der Waals surface area contributed by atoms with Gasteiger partial charge in [0.05, 0.1) is 0 Å². The number of benzene rings is 1. The van der Waals surface area contributed by atoms with Crippen molar-refractivity contribution in [1.82, 2.24) is 15.5 Å². The van der Waals surface area contributed by atoms with Gasteiger partial charge in [0.2, 0.25) is 0 Å². The topological polar surface area (TPSA) is 37.8 Å². The lowest BCUT2D eigenvalue weighted by Gasteiger charge is -1.98. The van der Waals surface area contributed by atoms with Crippen molar-refractivity contribution in [3.8, 4) is 10.6 Å². The molecule has 0 bridgehead atoms. The van der Waals surface area contributed by atoms with Crippen molar-refractivity contribution in [2.45, 2.75) is 13.5 Å². The molecule has 0 atom stereocenters. The molecule has 1 N–H and O–H groups in total. The summed E-state index contributed by atoms with van der Waals surface area (Å²) in [6.45, 7) is 3.71. The quantitative estimate of drug-likeness (QED) is 0.933. The van der Waals surface area contributed by atoms with Crippen LogP contribution < -0.4 is 5.32 Å². The van der Waals surface area contributed by atoms with Crippen LogP contribution in [0.15, 0.2) is 18.2 Å². The van der Waals surface area contributed by atoms with E-state index < -0.39 is 0 Å². The lowest BCUT2D eigenvalue weighted by atomic mass is 10.2. The molecule has 0 unspecified atom stereocenters. The standard InChI is InChI=1S/C11H11Cl2N3S/c1-2-14-6-10-15-16-11(17-10)7-3-8(12)5-9(13)4-7/h3-5,14H,2,6H2,1H3. The zero-order valence-corrected chi connectivity index (χ0v) is 11.5. The van der Waals surface area contributed by atoms with Gasteiger partial charge in [0.25, 0.3) is 0 Å². The van der Waals surface area contributed by atoms with Crippen molar-refractivity contribution in [3.05, 3.63) is 33.3 Å². The summed E-state index contributed by atoms with van der Waals surface area (Å²) in [5, 5.41) is 14.5. The van der Waals surface area contributed by atoms with Crippen LogP contribution in [0.1, 0.15) is 11.9 Å². The summed E-state index contributed by atoms with van der Waals surface area (Å²) in [5.41, 5.74) is 0.905. The minimum Gasteiger partial charge on any atom is -0.311 e. The summed E-state index contributed by atoms with van der Waals surface area (Å²) in [6.07, 6.45) is 0. The molecular formula is C11H11Cl2N3S. The van der Waals surface area contributed by atoms with Gasteiger partial charge in [-0.1, -0.05) is 41.5 Å². The first-order valence-electron chi connectivity index (χ1n) is 5.18. The lowest BCUT2D eigenvalue weighted by molar-refractivity contribution is 0.715. The Balaban J connectivity index is 2.24. The molecular weight excluding hydrogens is 277 g/mol. The fraction of sp³-hybridized carbons (Fsp3) is 0.273. The Kier molecular flexibility index (Phi) is 4.34. The molecule has 1 aromatic carbocycles. The normalized spacial score (nSPS) is 10.8. The summed E-state index contributed by atoms with van der Waals surface area (Å²) >= 11 is 13.4. The molecule has 0 aliphatic rings. The average molecular weight is 288 g/mol. The molecule has 90 valence electrons. The number of nitrogens with zero attached hydrogens (tertiary/aromatic N) is 2. The van der Waals surface area contributed by atoms with E-state index in [1.165, 1.54) is 0 Å². The van der Waals surface area contributed by atoms with Crippen LogP contribution in [-0.2, 0) is 6.54 Å². The highest BCUT2D eigenvalue weighted by Gasteiger charge is 2.08. The summed E-state index contributed by atoms with van der Waals surface area (Å²) in [4.78, 5) is 0. The van der Waals surface area contributed by atoms with Gasteiger partial charge in [-0.3, -0.25) is 0 Å². The Labute approximate surface area is 114 Å². The van der Waals surface area contributed by atoms with Crippen LogP contribution in [0.2, 0.25) is 10.0 Å². The first-order valence-corrected chi connectivity index (χ1v) is 6.76. The van der Waals surface area contributed by atoms with Crippen LogP contribution in [0.25, 0.3) is 10.6 Å². The van der Waals surface area contributed by atoms with Gasteiger partial charge in [-0.25, -0.2) is 0 Å². The lowest BCUT2D eigenvalue weighted by Crippen LogP contribution is -2.11. The number of hydrogen-bond donors (Lipinski definition) is 1. The van der Waals surface area contributed by atoms with E-state index in [4.69, 9.17) is 23.2 Å². The zero-order valence-electron chi connectivity index (χ0n) is 9.20. The second kappa shape index (κ2) is 5.78. The SMILES string of the molecule is CCNCc1nnc(-c2cc(Cl)cc(Cl)c2)s1. The largest absolute Gasteiger partial charge is 0.311 e. The van der Waals surface area contributed by atoms with E-state index in [0.29, 0.717) is 10.0 Å². The fourth-order valence-electron chi connectivity index (χ4n) is 1.35. The predicted molar refractivity (Wildman–Crippen MR) is 72.7 cm³/mol. The Bertz CT molecular complexity index is 493. The molecule has 0 radical (unpaired) electrons. The van der Waals surface area contributed by atoms with Crippen molar-refractivity contribution >= 4 is 34.5 Å². The van der Waals surface area contributed by atoms with Gasteiger partial charge >= 0.3 is 0 Å². The Morgan fingerprint density at radius 3 is 2.53 bits per heavy atom. The maximum atomic E-state index is 5.95. The Morgan fingerprint density at radius 1 is 1.18 bits per heavy atom. The van der Waals surface area contributed by atoms with Gasteiger partial charge in [0.1, 0.15) is 10.0 Å². The van der Waals surface area contributed by atoms with Crippen molar-refractivity contribution in [3.63, 3.8) is 0 Å². The van der Waals surface area contributed by atoms with Gasteiger partial charge in [-0.05, 0) is 24.7 Å². The van der Waals surface area contributed by atoms with Crippen LogP contribution >= 0.6 is 34.5 Å². The van der Waals surface area contributed by atoms with Gasteiger partial charge in [0.15, 0.2) is 0 Å². The maximum absolute atomic E-state index is 5.95. The molecule has 1 heterocycles. The minimum atomic E-state index is 0.607. The number of aromatic nitrogens is 2. The van der Waals surface area contributed by atoms with E-state index in [9.17, 15) is 0 Å². The molecule has 0 fully saturated rings. The summed E-state index contributed by atoms with van der Waals surface area (Å²) in [5.74, 6) is 0. The molecule has 17 heavy (non-hydrogen) atoms. The Morgan fingerprint density at radius 2 is 1.88 bits per heavy atom. The highest BCUT2D eigenvalue weighted by molar-refractivity contribution is 7.14. The molecule has 6 heteroatoms. The first-order chi connectivity index (χ1) is 8.19. The van der Waals surface area contributed by atoms with Crippen LogP contribution in [-0.4, -0.2) is 16.7 Å². The van der Waals surface area contributed by atoms with Crippen LogP contribution in [0.3, 0.4) is 0 Å². The van der Waals surface area contributed by atoms with Gasteiger partial charge < -0.3 is 5.32 Å². The van der Waals surface area contributed by atoms with E-state index in [2.05, 4.69) is 22.4 Å². The molecule has 0 saturated carbocycles. The van der Waals surface area contributed by atoms with Gasteiger partial charge in [-0.2, -0.15) is 0 Å². The monoisotopic (exact) mass is 287 g/mol. The van der Waals surface area contributed by atoms with Gasteiger partial charge in [0, 0.05) is 22.2 Å². The predicted octanol–water partition coefficient (Wildman–Crippen LogP) is 3.62. The average Bonchev–Trinajstić information content (AvgIpc) is 2.73. The van der Waals surface area contributed by atoms with Gasteiger partial charge in [-0.15, -0.1) is 10.2 Å². The number of nitrogens with one attached hydrogen (secondary N) is 1. The molecule has 3 nitrogen and oxygen atoms in total. The third kappa shape index (κ3) is 3.39. The second-order valence-electron chi connectivity index (χ2n) is 3.44. The van der Waals surface area contributed by atoms with E-state index in [1.807, 2.05) is 12.1 Å². The molecule has 0 saturated heterocycles. The number of rotatable bonds is 4.